The zero-order valence-electron chi connectivity index (χ0n) is 5.09. The van der Waals surface area contributed by atoms with Crippen LogP contribution in [0.1, 0.15) is 19.8 Å². The van der Waals surface area contributed by atoms with E-state index < -0.39 is 5.60 Å². The van der Waals surface area contributed by atoms with Crippen molar-refractivity contribution < 1.29 is 21.6 Å². The first-order valence-electron chi connectivity index (χ1n) is 2.43. The molecule has 0 radical (unpaired) electrons. The van der Waals surface area contributed by atoms with E-state index in [1.807, 2.05) is 0 Å². The minimum Gasteiger partial charge on any atom is -0.396 e. The fraction of sp³-hybridized carbons (Fsp3) is 0.667. The topological polar surface area (TPSA) is 20.2 Å². The molecular weight excluding hydrogens is 147 g/mol. The van der Waals surface area contributed by atoms with Crippen LogP contribution in [0.5, 0.6) is 0 Å². The Kier molecular flexibility index (Phi) is 6.12. The van der Waals surface area contributed by atoms with E-state index in [1.165, 1.54) is 0 Å². The van der Waals surface area contributed by atoms with E-state index >= 15 is 0 Å². The zero-order chi connectivity index (χ0) is 5.91. The van der Waals surface area contributed by atoms with Crippen LogP contribution in [-0.2, 0) is 16.5 Å². The Balaban J connectivity index is 0. The van der Waals surface area contributed by atoms with Crippen LogP contribution < -0.4 is 0 Å². The van der Waals surface area contributed by atoms with Crippen LogP contribution in [0.3, 0.4) is 0 Å². The van der Waals surface area contributed by atoms with Crippen molar-refractivity contribution in [2.24, 2.45) is 0 Å². The standard InChI is InChI=1S/C6H12O.Ni/c1-4-6(3,7)5-2;/h7H,1-2,4-5H2,3H3;/q-2;+2. The van der Waals surface area contributed by atoms with Gasteiger partial charge in [-0.15, -0.1) is 0 Å². The second-order valence-corrected chi connectivity index (χ2v) is 2.00. The van der Waals surface area contributed by atoms with Crippen molar-refractivity contribution in [3.8, 4) is 0 Å². The Hall–Kier alpha value is 0.454. The zero-order valence-corrected chi connectivity index (χ0v) is 6.08. The number of rotatable bonds is 2. The quantitative estimate of drug-likeness (QED) is 0.473. The molecule has 1 nitrogen and oxygen atoms in total. The van der Waals surface area contributed by atoms with Gasteiger partial charge < -0.3 is 19.0 Å². The molecule has 2 heteroatoms. The average molecular weight is 159 g/mol. The van der Waals surface area contributed by atoms with Crippen molar-refractivity contribution in [3.63, 3.8) is 0 Å². The molecule has 0 amide bonds. The summed E-state index contributed by atoms with van der Waals surface area (Å²) in [5.74, 6) is 0. The van der Waals surface area contributed by atoms with Crippen LogP contribution >= 0.6 is 0 Å². The molecule has 0 aromatic carbocycles. The second-order valence-electron chi connectivity index (χ2n) is 2.00. The third-order valence-electron chi connectivity index (χ3n) is 1.08. The molecule has 0 bridgehead atoms. The van der Waals surface area contributed by atoms with Crippen LogP contribution in [0.2, 0.25) is 0 Å². The van der Waals surface area contributed by atoms with E-state index in [2.05, 4.69) is 13.8 Å². The summed E-state index contributed by atoms with van der Waals surface area (Å²) in [4.78, 5) is 0. The van der Waals surface area contributed by atoms with Gasteiger partial charge in [-0.25, -0.2) is 0 Å². The molecule has 0 aliphatic rings. The molecule has 0 heterocycles. The normalized spacial score (nSPS) is 10.5. The molecule has 8 heavy (non-hydrogen) atoms. The van der Waals surface area contributed by atoms with Gasteiger partial charge in [-0.1, -0.05) is 0 Å². The van der Waals surface area contributed by atoms with Crippen LogP contribution in [0.25, 0.3) is 0 Å². The summed E-state index contributed by atoms with van der Waals surface area (Å²) in [7, 11) is 0. The molecule has 0 saturated carbocycles. The fourth-order valence-electron chi connectivity index (χ4n) is 0.125. The third kappa shape index (κ3) is 4.61. The van der Waals surface area contributed by atoms with E-state index in [1.54, 1.807) is 6.92 Å². The smallest absolute Gasteiger partial charge is 0.396 e. The molecule has 0 aliphatic heterocycles. The summed E-state index contributed by atoms with van der Waals surface area (Å²) in [5.41, 5.74) is -0.639. The van der Waals surface area contributed by atoms with Gasteiger partial charge in [0, 0.05) is 5.60 Å². The first-order chi connectivity index (χ1) is 3.12. The van der Waals surface area contributed by atoms with E-state index in [9.17, 15) is 0 Å². The first kappa shape index (κ1) is 11.3. The third-order valence-corrected chi connectivity index (χ3v) is 1.08. The van der Waals surface area contributed by atoms with Crippen molar-refractivity contribution in [1.82, 2.24) is 0 Å². The predicted octanol–water partition coefficient (Wildman–Crippen LogP) is 1.18. The molecule has 0 rings (SSSR count). The van der Waals surface area contributed by atoms with Gasteiger partial charge >= 0.3 is 16.5 Å². The first-order valence-corrected chi connectivity index (χ1v) is 2.43. The van der Waals surface area contributed by atoms with E-state index in [-0.39, 0.29) is 16.5 Å². The maximum Gasteiger partial charge on any atom is 2.00 e. The van der Waals surface area contributed by atoms with Gasteiger partial charge in [0.1, 0.15) is 0 Å². The summed E-state index contributed by atoms with van der Waals surface area (Å²) >= 11 is 0. The largest absolute Gasteiger partial charge is 2.00 e. The Morgan fingerprint density at radius 2 is 1.62 bits per heavy atom. The van der Waals surface area contributed by atoms with Crippen molar-refractivity contribution in [2.75, 3.05) is 0 Å². The van der Waals surface area contributed by atoms with Crippen molar-refractivity contribution in [1.29, 1.82) is 0 Å². The van der Waals surface area contributed by atoms with Gasteiger partial charge in [0.15, 0.2) is 0 Å². The Morgan fingerprint density at radius 1 is 1.38 bits per heavy atom. The summed E-state index contributed by atoms with van der Waals surface area (Å²) in [6, 6.07) is 0. The number of hydrogen-bond donors (Lipinski definition) is 1. The van der Waals surface area contributed by atoms with Gasteiger partial charge in [0.25, 0.3) is 0 Å². The fourth-order valence-corrected chi connectivity index (χ4v) is 0.125. The number of hydrogen-bond acceptors (Lipinski definition) is 1. The van der Waals surface area contributed by atoms with Crippen molar-refractivity contribution in [2.45, 2.75) is 25.4 Å². The minimum atomic E-state index is -0.639. The molecule has 1 N–H and O–H groups in total. The van der Waals surface area contributed by atoms with Crippen LogP contribution in [0.15, 0.2) is 0 Å². The SMILES string of the molecule is [CH2-]CC(C)(O)C[CH2-].[Ni+2]. The van der Waals surface area contributed by atoms with E-state index in [4.69, 9.17) is 5.11 Å². The van der Waals surface area contributed by atoms with Crippen molar-refractivity contribution in [3.05, 3.63) is 13.8 Å². The summed E-state index contributed by atoms with van der Waals surface area (Å²) in [5, 5.41) is 9.01. The van der Waals surface area contributed by atoms with Gasteiger partial charge in [0.2, 0.25) is 0 Å². The molecule has 52 valence electrons. The minimum absolute atomic E-state index is 0. The molecule has 0 fully saturated rings. The van der Waals surface area contributed by atoms with Crippen LogP contribution in [0.4, 0.5) is 0 Å². The predicted molar refractivity (Wildman–Crippen MR) is 30.6 cm³/mol. The molecule has 0 aromatic rings. The summed E-state index contributed by atoms with van der Waals surface area (Å²) in [6.45, 7) is 8.81. The molecular formula is C6H12NiO. The van der Waals surface area contributed by atoms with Gasteiger partial charge in [0.05, 0.1) is 0 Å². The molecule has 0 saturated heterocycles. The van der Waals surface area contributed by atoms with Gasteiger partial charge in [-0.3, -0.25) is 0 Å². The van der Waals surface area contributed by atoms with E-state index in [0.717, 1.165) is 0 Å². The maximum absolute atomic E-state index is 9.01. The summed E-state index contributed by atoms with van der Waals surface area (Å²) in [6.07, 6.45) is 1.08. The second kappa shape index (κ2) is 4.34. The Morgan fingerprint density at radius 3 is 1.62 bits per heavy atom. The molecule has 0 unspecified atom stereocenters. The average Bonchev–Trinajstić information content (AvgIpc) is 1.68. The van der Waals surface area contributed by atoms with Gasteiger partial charge in [-0.2, -0.15) is 12.8 Å². The molecule has 0 aromatic heterocycles. The van der Waals surface area contributed by atoms with Crippen LogP contribution in [0, 0.1) is 13.8 Å². The molecule has 0 spiro atoms. The monoisotopic (exact) mass is 158 g/mol. The molecule has 0 aliphatic carbocycles. The Bertz CT molecular complexity index is 46.5. The Labute approximate surface area is 61.4 Å². The van der Waals surface area contributed by atoms with Crippen molar-refractivity contribution >= 4 is 0 Å². The maximum atomic E-state index is 9.01. The molecule has 0 atom stereocenters. The number of aliphatic hydroxyl groups is 1. The van der Waals surface area contributed by atoms with Gasteiger partial charge in [-0.05, 0) is 6.92 Å². The van der Waals surface area contributed by atoms with E-state index in [0.29, 0.717) is 12.8 Å². The summed E-state index contributed by atoms with van der Waals surface area (Å²) < 4.78 is 0. The van der Waals surface area contributed by atoms with Crippen LogP contribution in [-0.4, -0.2) is 10.7 Å².